The van der Waals surface area contributed by atoms with Crippen molar-refractivity contribution in [3.8, 4) is 0 Å². The second-order valence-electron chi connectivity index (χ2n) is 5.40. The van der Waals surface area contributed by atoms with E-state index in [1.54, 1.807) is 0 Å². The van der Waals surface area contributed by atoms with Crippen LogP contribution in [0.3, 0.4) is 0 Å². The van der Waals surface area contributed by atoms with Gasteiger partial charge in [0.15, 0.2) is 0 Å². The van der Waals surface area contributed by atoms with Crippen molar-refractivity contribution < 1.29 is 14.3 Å². The molecule has 2 fully saturated rings. The smallest absolute Gasteiger partial charge is 0.0813 e. The van der Waals surface area contributed by atoms with Gasteiger partial charge >= 0.3 is 0 Å². The van der Waals surface area contributed by atoms with E-state index < -0.39 is 0 Å². The minimum absolute atomic E-state index is 0.191. The molecule has 0 aromatic heterocycles. The summed E-state index contributed by atoms with van der Waals surface area (Å²) in [5, 5.41) is 0. The van der Waals surface area contributed by atoms with Crippen LogP contribution in [0.5, 0.6) is 0 Å². The normalized spacial score (nSPS) is 34.2. The average molecular weight is 263 g/mol. The van der Waals surface area contributed by atoms with Crippen molar-refractivity contribution in [3.05, 3.63) is 35.9 Å². The van der Waals surface area contributed by atoms with Crippen LogP contribution in [0.4, 0.5) is 0 Å². The molecule has 0 radical (unpaired) electrons. The number of hydrogen-bond acceptors (Lipinski definition) is 4. The Kier molecular flexibility index (Phi) is 4.13. The predicted molar refractivity (Wildman–Crippen MR) is 71.4 cm³/mol. The van der Waals surface area contributed by atoms with Crippen LogP contribution in [-0.4, -0.2) is 31.5 Å². The number of fused-ring (bicyclic) bond motifs is 1. The molecule has 0 spiro atoms. The maximum atomic E-state index is 5.81. The van der Waals surface area contributed by atoms with E-state index in [2.05, 4.69) is 24.5 Å². The highest BCUT2D eigenvalue weighted by Gasteiger charge is 2.40. The molecule has 2 aliphatic rings. The second kappa shape index (κ2) is 6.01. The van der Waals surface area contributed by atoms with Crippen molar-refractivity contribution in [2.45, 2.75) is 38.2 Å². The fourth-order valence-electron chi connectivity index (χ4n) is 2.82. The Hall–Kier alpha value is -0.940. The van der Waals surface area contributed by atoms with Crippen molar-refractivity contribution in [3.63, 3.8) is 0 Å². The van der Waals surface area contributed by atoms with E-state index >= 15 is 0 Å². The minimum atomic E-state index is 0.191. The van der Waals surface area contributed by atoms with E-state index in [-0.39, 0.29) is 12.2 Å². The van der Waals surface area contributed by atoms with Gasteiger partial charge in [0, 0.05) is 5.92 Å². The number of hydroxylamine groups is 1. The molecule has 0 amide bonds. The SMILES string of the molecule is C[C@@H]1ONC2CO[C@@H](COCc3ccccc3)C[C@H]21. The predicted octanol–water partition coefficient (Wildman–Crippen LogP) is 1.90. The van der Waals surface area contributed by atoms with Crippen molar-refractivity contribution in [1.29, 1.82) is 0 Å². The summed E-state index contributed by atoms with van der Waals surface area (Å²) < 4.78 is 11.6. The van der Waals surface area contributed by atoms with E-state index in [0.717, 1.165) is 6.42 Å². The van der Waals surface area contributed by atoms with Gasteiger partial charge in [-0.15, -0.1) is 0 Å². The van der Waals surface area contributed by atoms with E-state index in [4.69, 9.17) is 14.3 Å². The van der Waals surface area contributed by atoms with Gasteiger partial charge in [-0.25, -0.2) is 0 Å². The summed E-state index contributed by atoms with van der Waals surface area (Å²) in [5.74, 6) is 0.541. The zero-order chi connectivity index (χ0) is 13.1. The molecule has 2 heterocycles. The van der Waals surface area contributed by atoms with Crippen molar-refractivity contribution in [2.75, 3.05) is 13.2 Å². The number of rotatable bonds is 4. The lowest BCUT2D eigenvalue weighted by Gasteiger charge is -2.31. The third-order valence-corrected chi connectivity index (χ3v) is 3.99. The van der Waals surface area contributed by atoms with E-state index in [1.165, 1.54) is 5.56 Å². The molecule has 19 heavy (non-hydrogen) atoms. The van der Waals surface area contributed by atoms with Gasteiger partial charge in [0.05, 0.1) is 38.1 Å². The molecule has 2 aliphatic heterocycles. The minimum Gasteiger partial charge on any atom is -0.374 e. The third-order valence-electron chi connectivity index (χ3n) is 3.99. The van der Waals surface area contributed by atoms with Crippen LogP contribution in [0.2, 0.25) is 0 Å². The monoisotopic (exact) mass is 263 g/mol. The van der Waals surface area contributed by atoms with Gasteiger partial charge in [-0.05, 0) is 18.9 Å². The van der Waals surface area contributed by atoms with Crippen molar-refractivity contribution >= 4 is 0 Å². The van der Waals surface area contributed by atoms with Crippen LogP contribution in [-0.2, 0) is 20.9 Å². The third kappa shape index (κ3) is 3.15. The molecule has 4 nitrogen and oxygen atoms in total. The highest BCUT2D eigenvalue weighted by atomic mass is 16.7. The highest BCUT2D eigenvalue weighted by Crippen LogP contribution is 2.29. The van der Waals surface area contributed by atoms with Gasteiger partial charge in [0.1, 0.15) is 0 Å². The molecule has 104 valence electrons. The summed E-state index contributed by atoms with van der Waals surface area (Å²) in [5.41, 5.74) is 4.25. The van der Waals surface area contributed by atoms with Gasteiger partial charge in [0.25, 0.3) is 0 Å². The number of ether oxygens (including phenoxy) is 2. The lowest BCUT2D eigenvalue weighted by atomic mass is 9.88. The molecule has 0 aliphatic carbocycles. The first-order valence-electron chi connectivity index (χ1n) is 6.97. The van der Waals surface area contributed by atoms with Crippen LogP contribution >= 0.6 is 0 Å². The molecule has 3 rings (SSSR count). The zero-order valence-corrected chi connectivity index (χ0v) is 11.2. The van der Waals surface area contributed by atoms with Crippen LogP contribution in [0, 0.1) is 5.92 Å². The fourth-order valence-corrected chi connectivity index (χ4v) is 2.82. The molecule has 0 saturated carbocycles. The summed E-state index contributed by atoms with van der Waals surface area (Å²) in [7, 11) is 0. The Morgan fingerprint density at radius 3 is 3.00 bits per heavy atom. The van der Waals surface area contributed by atoms with Gasteiger partial charge < -0.3 is 9.47 Å². The van der Waals surface area contributed by atoms with E-state index in [0.29, 0.717) is 31.8 Å². The molecule has 1 N–H and O–H groups in total. The Morgan fingerprint density at radius 2 is 2.16 bits per heavy atom. The number of hydrogen-bond donors (Lipinski definition) is 1. The second-order valence-corrected chi connectivity index (χ2v) is 5.40. The lowest BCUT2D eigenvalue weighted by molar-refractivity contribution is -0.0679. The van der Waals surface area contributed by atoms with Gasteiger partial charge in [-0.2, -0.15) is 5.48 Å². The quantitative estimate of drug-likeness (QED) is 0.900. The maximum absolute atomic E-state index is 5.81. The zero-order valence-electron chi connectivity index (χ0n) is 11.2. The standard InChI is InChI=1S/C15H21NO3/c1-11-14-7-13(18-10-15(14)16-19-11)9-17-8-12-5-3-2-4-6-12/h2-6,11,13-16H,7-10H2,1H3/t11-,13+,14-,15?/m0/s1. The molecular formula is C15H21NO3. The summed E-state index contributed by atoms with van der Waals surface area (Å²) in [6.45, 7) is 4.14. The Balaban J connectivity index is 1.44. The van der Waals surface area contributed by atoms with E-state index in [1.807, 2.05) is 18.2 Å². The van der Waals surface area contributed by atoms with Crippen LogP contribution in [0.25, 0.3) is 0 Å². The summed E-state index contributed by atoms with van der Waals surface area (Å²) in [6.07, 6.45) is 1.47. The number of benzene rings is 1. The molecule has 4 heteroatoms. The van der Waals surface area contributed by atoms with Crippen molar-refractivity contribution in [2.24, 2.45) is 5.92 Å². The van der Waals surface area contributed by atoms with Gasteiger partial charge in [0.2, 0.25) is 0 Å². The summed E-state index contributed by atoms with van der Waals surface area (Å²) in [4.78, 5) is 5.45. The van der Waals surface area contributed by atoms with Crippen LogP contribution in [0.15, 0.2) is 30.3 Å². The van der Waals surface area contributed by atoms with Crippen LogP contribution in [0.1, 0.15) is 18.9 Å². The van der Waals surface area contributed by atoms with Gasteiger partial charge in [-0.1, -0.05) is 30.3 Å². The summed E-state index contributed by atoms with van der Waals surface area (Å²) >= 11 is 0. The molecule has 1 aromatic carbocycles. The molecule has 0 bridgehead atoms. The molecule has 2 saturated heterocycles. The first kappa shape index (κ1) is 13.1. The highest BCUT2D eigenvalue weighted by molar-refractivity contribution is 5.13. The fraction of sp³-hybridized carbons (Fsp3) is 0.600. The van der Waals surface area contributed by atoms with E-state index in [9.17, 15) is 0 Å². The Labute approximate surface area is 114 Å². The van der Waals surface area contributed by atoms with Crippen molar-refractivity contribution in [1.82, 2.24) is 5.48 Å². The van der Waals surface area contributed by atoms with Crippen LogP contribution < -0.4 is 5.48 Å². The topological polar surface area (TPSA) is 39.7 Å². The maximum Gasteiger partial charge on any atom is 0.0813 e. The Bertz CT molecular complexity index is 398. The molecule has 1 aromatic rings. The first-order chi connectivity index (χ1) is 9.33. The Morgan fingerprint density at radius 1 is 1.32 bits per heavy atom. The molecule has 1 unspecified atom stereocenters. The first-order valence-corrected chi connectivity index (χ1v) is 6.97. The summed E-state index contributed by atoms with van der Waals surface area (Å²) in [6, 6.07) is 10.6. The lowest BCUT2D eigenvalue weighted by Crippen LogP contribution is -2.43. The van der Waals surface area contributed by atoms with Gasteiger partial charge in [-0.3, -0.25) is 4.84 Å². The molecule has 4 atom stereocenters. The largest absolute Gasteiger partial charge is 0.374 e. The average Bonchev–Trinajstić information content (AvgIpc) is 2.82. The number of nitrogens with one attached hydrogen (secondary N) is 1. The molecular weight excluding hydrogens is 242 g/mol.